The first-order valence-electron chi connectivity index (χ1n) is 3.79. The topological polar surface area (TPSA) is 19.9 Å². The second-order valence-corrected chi connectivity index (χ2v) is 2.61. The lowest BCUT2D eigenvalue weighted by atomic mass is 10.0. The summed E-state index contributed by atoms with van der Waals surface area (Å²) in [7, 11) is 0. The average Bonchev–Trinajstić information content (AvgIpc) is 2.04. The van der Waals surface area contributed by atoms with Gasteiger partial charge in [-0.15, -0.1) is 0 Å². The summed E-state index contributed by atoms with van der Waals surface area (Å²) in [6, 6.07) is 5.14. The fourth-order valence-corrected chi connectivity index (χ4v) is 1.12. The Labute approximate surface area is 73.8 Å². The molecule has 0 aliphatic carbocycles. The minimum Gasteiger partial charge on any atom is -0.236 e. The Hall–Kier alpha value is -1.03. The van der Waals surface area contributed by atoms with Crippen molar-refractivity contribution in [1.82, 2.24) is 0 Å². The summed E-state index contributed by atoms with van der Waals surface area (Å²) in [5, 5.41) is 10.2. The predicted octanol–water partition coefficient (Wildman–Crippen LogP) is 2.68. The van der Waals surface area contributed by atoms with Crippen LogP contribution in [0.2, 0.25) is 0 Å². The Morgan fingerprint density at radius 2 is 1.77 bits per heavy atom. The average molecular weight is 189 g/mol. The Kier molecular flexibility index (Phi) is 2.93. The third-order valence-electron chi connectivity index (χ3n) is 1.69. The molecule has 71 valence electrons. The maximum absolute atomic E-state index is 12.3. The van der Waals surface area contributed by atoms with Gasteiger partial charge in [0.25, 0.3) is 0 Å². The summed E-state index contributed by atoms with van der Waals surface area (Å²) in [6.07, 6.45) is -4.43. The second-order valence-electron chi connectivity index (χ2n) is 2.61. The molecule has 0 fully saturated rings. The summed E-state index contributed by atoms with van der Waals surface area (Å²) in [4.78, 5) is 0. The van der Waals surface area contributed by atoms with E-state index in [4.69, 9.17) is 0 Å². The SMILES string of the molecule is [O]CCc1ccccc1C(F)(F)F. The molecule has 4 heteroatoms. The molecule has 0 bridgehead atoms. The molecule has 0 saturated heterocycles. The Morgan fingerprint density at radius 1 is 1.15 bits per heavy atom. The summed E-state index contributed by atoms with van der Waals surface area (Å²) < 4.78 is 36.8. The highest BCUT2D eigenvalue weighted by Crippen LogP contribution is 2.31. The van der Waals surface area contributed by atoms with Crippen molar-refractivity contribution < 1.29 is 18.3 Å². The third-order valence-corrected chi connectivity index (χ3v) is 1.69. The van der Waals surface area contributed by atoms with Gasteiger partial charge in [0.05, 0.1) is 12.2 Å². The van der Waals surface area contributed by atoms with Crippen molar-refractivity contribution in [2.24, 2.45) is 0 Å². The van der Waals surface area contributed by atoms with Crippen molar-refractivity contribution in [3.05, 3.63) is 35.4 Å². The van der Waals surface area contributed by atoms with Crippen LogP contribution in [0.1, 0.15) is 11.1 Å². The van der Waals surface area contributed by atoms with E-state index in [1.165, 1.54) is 18.2 Å². The number of hydrogen-bond donors (Lipinski definition) is 0. The van der Waals surface area contributed by atoms with E-state index in [0.29, 0.717) is 0 Å². The highest BCUT2D eigenvalue weighted by molar-refractivity contribution is 5.29. The molecular formula is C9H8F3O. The first-order chi connectivity index (χ1) is 6.05. The van der Waals surface area contributed by atoms with Gasteiger partial charge in [0.2, 0.25) is 0 Å². The number of halogens is 3. The van der Waals surface area contributed by atoms with Crippen LogP contribution < -0.4 is 0 Å². The zero-order valence-corrected chi connectivity index (χ0v) is 6.77. The van der Waals surface area contributed by atoms with Crippen LogP contribution in [0, 0.1) is 0 Å². The molecule has 13 heavy (non-hydrogen) atoms. The zero-order valence-electron chi connectivity index (χ0n) is 6.77. The van der Waals surface area contributed by atoms with Crippen molar-refractivity contribution >= 4 is 0 Å². The molecule has 0 atom stereocenters. The Morgan fingerprint density at radius 3 is 2.31 bits per heavy atom. The Bertz CT molecular complexity index is 280. The normalized spacial score (nSPS) is 11.7. The van der Waals surface area contributed by atoms with Crippen LogP contribution in [-0.2, 0) is 17.7 Å². The van der Waals surface area contributed by atoms with Crippen LogP contribution in [0.5, 0.6) is 0 Å². The number of hydrogen-bond acceptors (Lipinski definition) is 0. The van der Waals surface area contributed by atoms with E-state index in [1.807, 2.05) is 0 Å². The smallest absolute Gasteiger partial charge is 0.236 e. The predicted molar refractivity (Wildman–Crippen MR) is 40.7 cm³/mol. The van der Waals surface area contributed by atoms with Crippen LogP contribution >= 0.6 is 0 Å². The van der Waals surface area contributed by atoms with Crippen LogP contribution in [0.3, 0.4) is 0 Å². The van der Waals surface area contributed by atoms with Crippen molar-refractivity contribution in [2.75, 3.05) is 6.61 Å². The van der Waals surface area contributed by atoms with Crippen molar-refractivity contribution in [2.45, 2.75) is 12.6 Å². The van der Waals surface area contributed by atoms with Gasteiger partial charge in [-0.05, 0) is 18.1 Å². The Balaban J connectivity index is 3.05. The zero-order chi connectivity index (χ0) is 9.90. The lowest BCUT2D eigenvalue weighted by Crippen LogP contribution is -2.09. The largest absolute Gasteiger partial charge is 0.416 e. The van der Waals surface area contributed by atoms with E-state index in [0.717, 1.165) is 6.07 Å². The van der Waals surface area contributed by atoms with E-state index < -0.39 is 18.3 Å². The molecule has 0 unspecified atom stereocenters. The summed E-state index contributed by atoms with van der Waals surface area (Å²) in [6.45, 7) is -0.521. The molecule has 0 amide bonds. The number of benzene rings is 1. The van der Waals surface area contributed by atoms with E-state index in [1.54, 1.807) is 0 Å². The fourth-order valence-electron chi connectivity index (χ4n) is 1.12. The molecule has 1 rings (SSSR count). The van der Waals surface area contributed by atoms with Crippen LogP contribution in [0.4, 0.5) is 13.2 Å². The summed E-state index contributed by atoms with van der Waals surface area (Å²) >= 11 is 0. The molecule has 1 nitrogen and oxygen atoms in total. The van der Waals surface area contributed by atoms with Gasteiger partial charge in [-0.3, -0.25) is 0 Å². The van der Waals surface area contributed by atoms with Crippen molar-refractivity contribution in [3.8, 4) is 0 Å². The van der Waals surface area contributed by atoms with Gasteiger partial charge in [0, 0.05) is 0 Å². The van der Waals surface area contributed by atoms with Crippen molar-refractivity contribution in [3.63, 3.8) is 0 Å². The number of rotatable bonds is 2. The van der Waals surface area contributed by atoms with Gasteiger partial charge in [0.1, 0.15) is 0 Å². The van der Waals surface area contributed by atoms with Crippen LogP contribution in [0.15, 0.2) is 24.3 Å². The monoisotopic (exact) mass is 189 g/mol. The maximum Gasteiger partial charge on any atom is 0.416 e. The summed E-state index contributed by atoms with van der Waals surface area (Å²) in [5.74, 6) is 0. The van der Waals surface area contributed by atoms with Gasteiger partial charge in [-0.1, -0.05) is 18.2 Å². The van der Waals surface area contributed by atoms with Crippen LogP contribution in [0.25, 0.3) is 0 Å². The fraction of sp³-hybridized carbons (Fsp3) is 0.333. The van der Waals surface area contributed by atoms with E-state index in [-0.39, 0.29) is 12.0 Å². The quantitative estimate of drug-likeness (QED) is 0.681. The summed E-state index contributed by atoms with van der Waals surface area (Å²) in [5.41, 5.74) is -0.629. The van der Waals surface area contributed by atoms with Crippen LogP contribution in [-0.4, -0.2) is 6.61 Å². The molecular weight excluding hydrogens is 181 g/mol. The molecule has 0 saturated carbocycles. The van der Waals surface area contributed by atoms with E-state index in [2.05, 4.69) is 0 Å². The van der Waals surface area contributed by atoms with Gasteiger partial charge in [-0.25, -0.2) is 5.11 Å². The minimum absolute atomic E-state index is 0.0737. The highest BCUT2D eigenvalue weighted by Gasteiger charge is 2.32. The second kappa shape index (κ2) is 3.79. The van der Waals surface area contributed by atoms with Gasteiger partial charge in [-0.2, -0.15) is 13.2 Å². The molecule has 1 aromatic carbocycles. The first kappa shape index (κ1) is 10.1. The molecule has 1 aromatic rings. The lowest BCUT2D eigenvalue weighted by Gasteiger charge is -2.10. The highest BCUT2D eigenvalue weighted by atomic mass is 19.4. The van der Waals surface area contributed by atoms with E-state index >= 15 is 0 Å². The maximum atomic E-state index is 12.3. The molecule has 0 aliphatic rings. The molecule has 0 heterocycles. The third kappa shape index (κ3) is 2.45. The van der Waals surface area contributed by atoms with Crippen molar-refractivity contribution in [1.29, 1.82) is 0 Å². The minimum atomic E-state index is -4.36. The number of alkyl halides is 3. The first-order valence-corrected chi connectivity index (χ1v) is 3.79. The standard InChI is InChI=1S/C9H8F3O/c10-9(11,12)8-4-2-1-3-7(8)5-6-13/h1-4H,5-6H2. The lowest BCUT2D eigenvalue weighted by molar-refractivity contribution is -0.138. The molecule has 0 spiro atoms. The molecule has 0 N–H and O–H groups in total. The van der Waals surface area contributed by atoms with E-state index in [9.17, 15) is 18.3 Å². The van der Waals surface area contributed by atoms with Gasteiger partial charge < -0.3 is 0 Å². The molecule has 0 aliphatic heterocycles. The van der Waals surface area contributed by atoms with Gasteiger partial charge >= 0.3 is 6.18 Å². The molecule has 1 radical (unpaired) electrons. The van der Waals surface area contributed by atoms with Gasteiger partial charge in [0.15, 0.2) is 0 Å². The molecule has 0 aromatic heterocycles.